The average Bonchev–Trinajstić information content (AvgIpc) is 2.60. The molecule has 0 heterocycles. The van der Waals surface area contributed by atoms with Gasteiger partial charge >= 0.3 is 0 Å². The number of ether oxygens (including phenoxy) is 1. The lowest BCUT2D eigenvalue weighted by molar-refractivity contribution is 0.318. The standard InChI is InChI=1S/C20H27NO3S/c1-17(2)19-12-6-7-13-20(19)24-15-14-21-25(22,23)16-8-11-18-9-4-3-5-10-18/h3-7,9-10,12-13,17,21H,8,11,14-16H2,1-2H3. The molecule has 0 bridgehead atoms. The van der Waals surface area contributed by atoms with Gasteiger partial charge in [0.25, 0.3) is 0 Å². The Labute approximate surface area is 151 Å². The van der Waals surface area contributed by atoms with Crippen molar-refractivity contribution in [2.24, 2.45) is 0 Å². The Bertz CT molecular complexity index is 743. The molecule has 2 aromatic rings. The molecule has 2 aromatic carbocycles. The molecule has 0 aromatic heterocycles. The topological polar surface area (TPSA) is 55.4 Å². The number of nitrogens with one attached hydrogen (secondary N) is 1. The molecule has 25 heavy (non-hydrogen) atoms. The number of rotatable bonds is 10. The van der Waals surface area contributed by atoms with E-state index >= 15 is 0 Å². The third-order valence-electron chi connectivity index (χ3n) is 3.94. The van der Waals surface area contributed by atoms with E-state index in [1.165, 1.54) is 0 Å². The fourth-order valence-corrected chi connectivity index (χ4v) is 3.69. The van der Waals surface area contributed by atoms with Gasteiger partial charge in [-0.05, 0) is 36.0 Å². The van der Waals surface area contributed by atoms with E-state index in [-0.39, 0.29) is 12.3 Å². The van der Waals surface area contributed by atoms with E-state index in [0.29, 0.717) is 18.9 Å². The molecule has 4 nitrogen and oxygen atoms in total. The van der Waals surface area contributed by atoms with E-state index in [1.54, 1.807) is 0 Å². The van der Waals surface area contributed by atoms with Crippen molar-refractivity contribution in [3.63, 3.8) is 0 Å². The Morgan fingerprint density at radius 3 is 2.40 bits per heavy atom. The van der Waals surface area contributed by atoms with E-state index < -0.39 is 10.0 Å². The first-order chi connectivity index (χ1) is 12.0. The number of aryl methyl sites for hydroxylation is 1. The molecule has 0 unspecified atom stereocenters. The van der Waals surface area contributed by atoms with Crippen molar-refractivity contribution in [3.05, 3.63) is 65.7 Å². The van der Waals surface area contributed by atoms with Crippen LogP contribution in [0.25, 0.3) is 0 Å². The Morgan fingerprint density at radius 2 is 1.68 bits per heavy atom. The maximum Gasteiger partial charge on any atom is 0.211 e. The van der Waals surface area contributed by atoms with Crippen LogP contribution in [0.5, 0.6) is 5.75 Å². The van der Waals surface area contributed by atoms with Gasteiger partial charge in [0, 0.05) is 6.54 Å². The van der Waals surface area contributed by atoms with E-state index in [9.17, 15) is 8.42 Å². The third kappa shape index (κ3) is 6.88. The smallest absolute Gasteiger partial charge is 0.211 e. The van der Waals surface area contributed by atoms with Gasteiger partial charge in [0.1, 0.15) is 12.4 Å². The van der Waals surface area contributed by atoms with Crippen molar-refractivity contribution in [2.75, 3.05) is 18.9 Å². The van der Waals surface area contributed by atoms with Crippen LogP contribution in [0.15, 0.2) is 54.6 Å². The van der Waals surface area contributed by atoms with Gasteiger partial charge < -0.3 is 4.74 Å². The summed E-state index contributed by atoms with van der Waals surface area (Å²) in [6.45, 7) is 4.82. The highest BCUT2D eigenvalue weighted by molar-refractivity contribution is 7.89. The second-order valence-corrected chi connectivity index (χ2v) is 8.27. The second kappa shape index (κ2) is 9.59. The largest absolute Gasteiger partial charge is 0.492 e. The molecule has 0 amide bonds. The minimum absolute atomic E-state index is 0.129. The van der Waals surface area contributed by atoms with Crippen LogP contribution in [-0.4, -0.2) is 27.3 Å². The average molecular weight is 362 g/mol. The predicted octanol–water partition coefficient (Wildman–Crippen LogP) is 3.74. The van der Waals surface area contributed by atoms with Crippen LogP contribution >= 0.6 is 0 Å². The van der Waals surface area contributed by atoms with Crippen LogP contribution in [0.2, 0.25) is 0 Å². The van der Waals surface area contributed by atoms with Crippen molar-refractivity contribution in [1.82, 2.24) is 4.72 Å². The van der Waals surface area contributed by atoms with E-state index in [0.717, 1.165) is 23.3 Å². The molecule has 5 heteroatoms. The summed E-state index contributed by atoms with van der Waals surface area (Å²) in [6, 6.07) is 17.8. The zero-order valence-corrected chi connectivity index (χ0v) is 15.8. The molecule has 0 spiro atoms. The summed E-state index contributed by atoms with van der Waals surface area (Å²) in [5.41, 5.74) is 2.29. The van der Waals surface area contributed by atoms with E-state index in [2.05, 4.69) is 18.6 Å². The summed E-state index contributed by atoms with van der Waals surface area (Å²) in [5.74, 6) is 1.32. The van der Waals surface area contributed by atoms with Gasteiger partial charge in [-0.25, -0.2) is 13.1 Å². The summed E-state index contributed by atoms with van der Waals surface area (Å²) < 4.78 is 32.4. The summed E-state index contributed by atoms with van der Waals surface area (Å²) in [5, 5.41) is 0. The Balaban J connectivity index is 1.71. The molecular formula is C20H27NO3S. The fraction of sp³-hybridized carbons (Fsp3) is 0.400. The van der Waals surface area contributed by atoms with Crippen LogP contribution in [0, 0.1) is 0 Å². The quantitative estimate of drug-likeness (QED) is 0.656. The van der Waals surface area contributed by atoms with Crippen molar-refractivity contribution < 1.29 is 13.2 Å². The molecule has 0 fully saturated rings. The molecule has 0 aliphatic rings. The van der Waals surface area contributed by atoms with Crippen LogP contribution in [-0.2, 0) is 16.4 Å². The molecule has 1 N–H and O–H groups in total. The monoisotopic (exact) mass is 361 g/mol. The summed E-state index contributed by atoms with van der Waals surface area (Å²) >= 11 is 0. The number of benzene rings is 2. The predicted molar refractivity (Wildman–Crippen MR) is 103 cm³/mol. The van der Waals surface area contributed by atoms with Crippen LogP contribution in [0.4, 0.5) is 0 Å². The molecule has 2 rings (SSSR count). The van der Waals surface area contributed by atoms with Crippen molar-refractivity contribution >= 4 is 10.0 Å². The zero-order valence-electron chi connectivity index (χ0n) is 14.9. The van der Waals surface area contributed by atoms with Gasteiger partial charge in [0.05, 0.1) is 5.75 Å². The Morgan fingerprint density at radius 1 is 1.00 bits per heavy atom. The minimum Gasteiger partial charge on any atom is -0.492 e. The first-order valence-electron chi connectivity index (χ1n) is 8.71. The fourth-order valence-electron chi connectivity index (χ4n) is 2.63. The highest BCUT2D eigenvalue weighted by Crippen LogP contribution is 2.25. The van der Waals surface area contributed by atoms with Crippen LogP contribution in [0.1, 0.15) is 37.3 Å². The van der Waals surface area contributed by atoms with E-state index in [1.807, 2.05) is 54.6 Å². The van der Waals surface area contributed by atoms with Gasteiger partial charge in [-0.15, -0.1) is 0 Å². The van der Waals surface area contributed by atoms with Crippen molar-refractivity contribution in [1.29, 1.82) is 0 Å². The molecular weight excluding hydrogens is 334 g/mol. The maximum absolute atomic E-state index is 12.0. The minimum atomic E-state index is -3.26. The summed E-state index contributed by atoms with van der Waals surface area (Å²) in [4.78, 5) is 0. The molecule has 0 saturated heterocycles. The molecule has 0 aliphatic heterocycles. The summed E-state index contributed by atoms with van der Waals surface area (Å²) in [6.07, 6.45) is 1.37. The normalized spacial score (nSPS) is 11.6. The van der Waals surface area contributed by atoms with Gasteiger partial charge in [0.2, 0.25) is 10.0 Å². The van der Waals surface area contributed by atoms with Crippen molar-refractivity contribution in [3.8, 4) is 5.75 Å². The lowest BCUT2D eigenvalue weighted by Crippen LogP contribution is -2.30. The van der Waals surface area contributed by atoms with Crippen LogP contribution < -0.4 is 9.46 Å². The van der Waals surface area contributed by atoms with Crippen LogP contribution in [0.3, 0.4) is 0 Å². The first-order valence-corrected chi connectivity index (χ1v) is 10.4. The molecule has 0 radical (unpaired) electrons. The number of sulfonamides is 1. The van der Waals surface area contributed by atoms with E-state index in [4.69, 9.17) is 4.74 Å². The van der Waals surface area contributed by atoms with Gasteiger partial charge in [-0.3, -0.25) is 0 Å². The van der Waals surface area contributed by atoms with Crippen molar-refractivity contribution in [2.45, 2.75) is 32.6 Å². The highest BCUT2D eigenvalue weighted by atomic mass is 32.2. The lowest BCUT2D eigenvalue weighted by atomic mass is 10.0. The lowest BCUT2D eigenvalue weighted by Gasteiger charge is -2.14. The number of hydrogen-bond donors (Lipinski definition) is 1. The first kappa shape index (κ1) is 19.5. The molecule has 0 saturated carbocycles. The second-order valence-electron chi connectivity index (χ2n) is 6.34. The van der Waals surface area contributed by atoms with Gasteiger partial charge in [0.15, 0.2) is 0 Å². The van der Waals surface area contributed by atoms with Gasteiger partial charge in [-0.2, -0.15) is 0 Å². The molecule has 0 aliphatic carbocycles. The Hall–Kier alpha value is -1.85. The van der Waals surface area contributed by atoms with Gasteiger partial charge in [-0.1, -0.05) is 62.4 Å². The maximum atomic E-state index is 12.0. The highest BCUT2D eigenvalue weighted by Gasteiger charge is 2.10. The summed E-state index contributed by atoms with van der Waals surface area (Å²) in [7, 11) is -3.26. The molecule has 136 valence electrons. The Kier molecular flexibility index (Phi) is 7.47. The number of hydrogen-bond acceptors (Lipinski definition) is 3. The third-order valence-corrected chi connectivity index (χ3v) is 5.41. The number of para-hydroxylation sites is 1. The molecule has 0 atom stereocenters. The SMILES string of the molecule is CC(C)c1ccccc1OCCNS(=O)(=O)CCCc1ccccc1. The zero-order chi connectivity index (χ0) is 18.1.